The number of fused-ring (bicyclic) bond motifs is 2. The quantitative estimate of drug-likeness (QED) is 0.719. The van der Waals surface area contributed by atoms with E-state index in [-0.39, 0.29) is 0 Å². The highest BCUT2D eigenvalue weighted by Crippen LogP contribution is 2.41. The van der Waals surface area contributed by atoms with Crippen molar-refractivity contribution in [1.29, 1.82) is 0 Å². The largest absolute Gasteiger partial charge is 0.458 e. The molecular weight excluding hydrogens is 274 g/mol. The third-order valence-electron chi connectivity index (χ3n) is 4.56. The van der Waals surface area contributed by atoms with Crippen molar-refractivity contribution >= 4 is 11.0 Å². The van der Waals surface area contributed by atoms with Crippen LogP contribution in [-0.4, -0.2) is 25.6 Å². The molecule has 0 saturated carbocycles. The minimum atomic E-state index is -0.553. The molecule has 0 fully saturated rings. The van der Waals surface area contributed by atoms with Gasteiger partial charge in [-0.25, -0.2) is 0 Å². The summed E-state index contributed by atoms with van der Waals surface area (Å²) in [7, 11) is 3.88. The number of para-hydroxylation sites is 1. The summed E-state index contributed by atoms with van der Waals surface area (Å²) in [5.41, 5.74) is 2.84. The second kappa shape index (κ2) is 4.97. The van der Waals surface area contributed by atoms with E-state index in [1.165, 1.54) is 11.1 Å². The highest BCUT2D eigenvalue weighted by atomic mass is 16.5. The summed E-state index contributed by atoms with van der Waals surface area (Å²) in [6.45, 7) is 1.71. The maximum absolute atomic E-state index is 6.16. The van der Waals surface area contributed by atoms with Crippen LogP contribution in [-0.2, 0) is 16.9 Å². The molecule has 0 saturated heterocycles. The summed E-state index contributed by atoms with van der Waals surface area (Å²) in [5.74, 6) is 0.871. The van der Waals surface area contributed by atoms with Gasteiger partial charge in [-0.05, 0) is 30.3 Å². The second-order valence-corrected chi connectivity index (χ2v) is 6.01. The standard InChI is InChI=1S/C19H19NO2/c1-20-12-15-8-3-5-9-16(15)19(13-20,21-2)18-11-14-7-4-6-10-17(14)22-18/h3-11H,12-13H2,1-2H3. The number of ether oxygens (including phenoxy) is 1. The third-order valence-corrected chi connectivity index (χ3v) is 4.56. The first-order valence-electron chi connectivity index (χ1n) is 7.54. The number of likely N-dealkylation sites (N-methyl/N-ethyl adjacent to an activating group) is 1. The van der Waals surface area contributed by atoms with Crippen molar-refractivity contribution in [2.45, 2.75) is 12.1 Å². The molecule has 2 heterocycles. The van der Waals surface area contributed by atoms with Crippen LogP contribution >= 0.6 is 0 Å². The number of methoxy groups -OCH3 is 1. The molecule has 0 N–H and O–H groups in total. The van der Waals surface area contributed by atoms with Crippen LogP contribution in [0.25, 0.3) is 11.0 Å². The lowest BCUT2D eigenvalue weighted by Crippen LogP contribution is -2.46. The van der Waals surface area contributed by atoms with Gasteiger partial charge in [-0.2, -0.15) is 0 Å². The number of hydrogen-bond donors (Lipinski definition) is 0. The molecule has 4 rings (SSSR count). The predicted molar refractivity (Wildman–Crippen MR) is 86.8 cm³/mol. The summed E-state index contributed by atoms with van der Waals surface area (Å²) in [4.78, 5) is 2.28. The van der Waals surface area contributed by atoms with Crippen LogP contribution in [0.1, 0.15) is 16.9 Å². The van der Waals surface area contributed by atoms with Crippen molar-refractivity contribution in [3.8, 4) is 0 Å². The van der Waals surface area contributed by atoms with Gasteiger partial charge in [0.25, 0.3) is 0 Å². The second-order valence-electron chi connectivity index (χ2n) is 6.01. The van der Waals surface area contributed by atoms with E-state index >= 15 is 0 Å². The Labute approximate surface area is 130 Å². The molecule has 3 aromatic rings. The molecule has 2 aromatic carbocycles. The zero-order valence-electron chi connectivity index (χ0n) is 12.9. The van der Waals surface area contributed by atoms with Crippen LogP contribution in [0, 0.1) is 0 Å². The van der Waals surface area contributed by atoms with Gasteiger partial charge in [-0.15, -0.1) is 0 Å². The highest BCUT2D eigenvalue weighted by Gasteiger charge is 2.43. The highest BCUT2D eigenvalue weighted by molar-refractivity contribution is 5.78. The molecule has 3 heteroatoms. The van der Waals surface area contributed by atoms with Crippen molar-refractivity contribution < 1.29 is 9.15 Å². The van der Waals surface area contributed by atoms with Gasteiger partial charge in [-0.1, -0.05) is 42.5 Å². The monoisotopic (exact) mass is 293 g/mol. The molecule has 3 nitrogen and oxygen atoms in total. The van der Waals surface area contributed by atoms with E-state index in [9.17, 15) is 0 Å². The summed E-state index contributed by atoms with van der Waals surface area (Å²) in [6, 6.07) is 18.7. The molecule has 0 bridgehead atoms. The Morgan fingerprint density at radius 2 is 1.86 bits per heavy atom. The number of benzene rings is 2. The fourth-order valence-electron chi connectivity index (χ4n) is 3.53. The molecule has 0 amide bonds. The van der Waals surface area contributed by atoms with Gasteiger partial charge in [-0.3, -0.25) is 4.90 Å². The molecule has 0 radical (unpaired) electrons. The van der Waals surface area contributed by atoms with E-state index in [0.717, 1.165) is 29.8 Å². The van der Waals surface area contributed by atoms with E-state index in [4.69, 9.17) is 9.15 Å². The Bertz CT molecular complexity index is 790. The van der Waals surface area contributed by atoms with E-state index in [2.05, 4.69) is 48.3 Å². The van der Waals surface area contributed by atoms with Crippen LogP contribution in [0.15, 0.2) is 59.0 Å². The molecule has 0 aliphatic carbocycles. The Hall–Kier alpha value is -2.10. The fourth-order valence-corrected chi connectivity index (χ4v) is 3.53. The lowest BCUT2D eigenvalue weighted by atomic mass is 9.83. The first-order chi connectivity index (χ1) is 10.7. The van der Waals surface area contributed by atoms with E-state index in [1.54, 1.807) is 7.11 Å². The Balaban J connectivity index is 1.96. The van der Waals surface area contributed by atoms with E-state index in [0.29, 0.717) is 0 Å². The minimum absolute atomic E-state index is 0.553. The van der Waals surface area contributed by atoms with Crippen LogP contribution in [0.5, 0.6) is 0 Å². The third kappa shape index (κ3) is 1.90. The molecular formula is C19H19NO2. The normalized spacial score (nSPS) is 21.9. The average Bonchev–Trinajstić information content (AvgIpc) is 2.98. The van der Waals surface area contributed by atoms with Gasteiger partial charge >= 0.3 is 0 Å². The molecule has 1 aliphatic rings. The zero-order chi connectivity index (χ0) is 15.2. The van der Waals surface area contributed by atoms with Crippen LogP contribution < -0.4 is 0 Å². The Morgan fingerprint density at radius 1 is 1.09 bits per heavy atom. The molecule has 1 aliphatic heterocycles. The molecule has 0 spiro atoms. The van der Waals surface area contributed by atoms with Gasteiger partial charge in [0.05, 0.1) is 0 Å². The summed E-state index contributed by atoms with van der Waals surface area (Å²) in [6.07, 6.45) is 0. The van der Waals surface area contributed by atoms with Gasteiger partial charge in [0.15, 0.2) is 5.60 Å². The smallest absolute Gasteiger partial charge is 0.163 e. The van der Waals surface area contributed by atoms with Crippen molar-refractivity contribution in [2.24, 2.45) is 0 Å². The maximum atomic E-state index is 6.16. The van der Waals surface area contributed by atoms with E-state index < -0.39 is 5.60 Å². The molecule has 1 atom stereocenters. The Morgan fingerprint density at radius 3 is 2.68 bits per heavy atom. The Kier molecular flexibility index (Phi) is 3.06. The summed E-state index contributed by atoms with van der Waals surface area (Å²) in [5, 5.41) is 1.11. The van der Waals surface area contributed by atoms with Crippen molar-refractivity contribution in [3.63, 3.8) is 0 Å². The van der Waals surface area contributed by atoms with Gasteiger partial charge in [0, 0.05) is 25.6 Å². The number of rotatable bonds is 2. The zero-order valence-corrected chi connectivity index (χ0v) is 12.9. The van der Waals surface area contributed by atoms with Crippen LogP contribution in [0.2, 0.25) is 0 Å². The number of hydrogen-bond acceptors (Lipinski definition) is 3. The average molecular weight is 293 g/mol. The SMILES string of the molecule is COC1(c2cc3ccccc3o2)CN(C)Cc2ccccc21. The summed E-state index contributed by atoms with van der Waals surface area (Å²) < 4.78 is 12.2. The fraction of sp³-hybridized carbons (Fsp3) is 0.263. The topological polar surface area (TPSA) is 25.6 Å². The van der Waals surface area contributed by atoms with Crippen molar-refractivity contribution in [3.05, 3.63) is 71.5 Å². The van der Waals surface area contributed by atoms with Crippen LogP contribution in [0.3, 0.4) is 0 Å². The predicted octanol–water partition coefficient (Wildman–Crippen LogP) is 3.77. The lowest BCUT2D eigenvalue weighted by Gasteiger charge is -2.40. The van der Waals surface area contributed by atoms with Gasteiger partial charge in [0.2, 0.25) is 0 Å². The van der Waals surface area contributed by atoms with Crippen LogP contribution in [0.4, 0.5) is 0 Å². The number of furan rings is 1. The maximum Gasteiger partial charge on any atom is 0.163 e. The molecule has 112 valence electrons. The molecule has 1 aromatic heterocycles. The summed E-state index contributed by atoms with van der Waals surface area (Å²) >= 11 is 0. The molecule has 22 heavy (non-hydrogen) atoms. The minimum Gasteiger partial charge on any atom is -0.458 e. The number of nitrogens with zero attached hydrogens (tertiary/aromatic N) is 1. The first-order valence-corrected chi connectivity index (χ1v) is 7.54. The van der Waals surface area contributed by atoms with Gasteiger partial charge in [0.1, 0.15) is 11.3 Å². The van der Waals surface area contributed by atoms with Gasteiger partial charge < -0.3 is 9.15 Å². The van der Waals surface area contributed by atoms with E-state index in [1.807, 2.05) is 18.2 Å². The molecule has 1 unspecified atom stereocenters. The van der Waals surface area contributed by atoms with Crippen molar-refractivity contribution in [2.75, 3.05) is 20.7 Å². The first kappa shape index (κ1) is 13.6. The lowest BCUT2D eigenvalue weighted by molar-refractivity contribution is -0.0296. The van der Waals surface area contributed by atoms with Crippen molar-refractivity contribution in [1.82, 2.24) is 4.90 Å².